The van der Waals surface area contributed by atoms with Crippen molar-refractivity contribution in [2.24, 2.45) is 11.0 Å². The average molecular weight is 417 g/mol. The zero-order chi connectivity index (χ0) is 20.6. The Morgan fingerprint density at radius 1 is 1.37 bits per heavy atom. The molecule has 0 heterocycles. The third-order valence-corrected chi connectivity index (χ3v) is 6.05. The van der Waals surface area contributed by atoms with Crippen LogP contribution in [0.3, 0.4) is 0 Å². The van der Waals surface area contributed by atoms with Crippen molar-refractivity contribution in [3.63, 3.8) is 0 Å². The average Bonchev–Trinajstić information content (AvgIpc) is 2.62. The standard InChI is InChI=1S/C20H31F2N2OPS/c1-6-10-18(19(25)16-11-8-7-9-12-16)27-13-17(14(2)3)23-24(5)15(4)20(21,22)26/h6,10,16,19,25H,1-2,4,7-9,11-13,26H2,3,5H3/b18-10-,23-17-. The highest BCUT2D eigenvalue weighted by atomic mass is 32.2. The number of halogens is 2. The van der Waals surface area contributed by atoms with Crippen LogP contribution in [-0.2, 0) is 0 Å². The molecule has 0 amide bonds. The first-order chi connectivity index (χ1) is 12.6. The number of thioether (sulfide) groups is 1. The molecule has 0 bridgehead atoms. The van der Waals surface area contributed by atoms with E-state index in [1.165, 1.54) is 34.5 Å². The molecule has 1 fully saturated rings. The number of alkyl halides is 2. The summed E-state index contributed by atoms with van der Waals surface area (Å²) < 4.78 is 26.8. The Kier molecular flexibility index (Phi) is 9.92. The van der Waals surface area contributed by atoms with Gasteiger partial charge in [-0.3, -0.25) is 5.01 Å². The number of allylic oxidation sites excluding steroid dienone is 4. The quantitative estimate of drug-likeness (QED) is 0.219. The highest BCUT2D eigenvalue weighted by Crippen LogP contribution is 2.34. The Hall–Kier alpha value is -0.970. The van der Waals surface area contributed by atoms with Crippen molar-refractivity contribution in [2.45, 2.75) is 50.8 Å². The molecule has 7 heteroatoms. The highest BCUT2D eigenvalue weighted by molar-refractivity contribution is 8.03. The zero-order valence-corrected chi connectivity index (χ0v) is 18.2. The Morgan fingerprint density at radius 2 is 1.96 bits per heavy atom. The Balaban J connectivity index is 2.87. The van der Waals surface area contributed by atoms with Crippen LogP contribution in [0.25, 0.3) is 0 Å². The predicted octanol–water partition coefficient (Wildman–Crippen LogP) is 5.58. The largest absolute Gasteiger partial charge is 0.388 e. The first kappa shape index (κ1) is 24.1. The van der Waals surface area contributed by atoms with Gasteiger partial charge in [0.15, 0.2) is 0 Å². The lowest BCUT2D eigenvalue weighted by Crippen LogP contribution is -2.25. The summed E-state index contributed by atoms with van der Waals surface area (Å²) in [5.41, 5.74) is -2.29. The van der Waals surface area contributed by atoms with E-state index in [4.69, 9.17) is 0 Å². The van der Waals surface area contributed by atoms with Crippen molar-refractivity contribution >= 4 is 26.7 Å². The monoisotopic (exact) mass is 416 g/mol. The SMILES string of the molecule is C=C/C=C(\SC/C(=N/N(C)C(=C)C(F)(F)P)C(=C)C)C(O)C1CCCCC1. The van der Waals surface area contributed by atoms with E-state index < -0.39 is 17.5 Å². The number of nitrogens with zero attached hydrogens (tertiary/aromatic N) is 2. The first-order valence-corrected chi connectivity index (χ1v) is 10.6. The second-order valence-electron chi connectivity index (χ2n) is 6.86. The van der Waals surface area contributed by atoms with Crippen molar-refractivity contribution < 1.29 is 13.9 Å². The van der Waals surface area contributed by atoms with Crippen molar-refractivity contribution in [1.82, 2.24) is 5.01 Å². The van der Waals surface area contributed by atoms with Crippen LogP contribution in [-0.4, -0.2) is 40.4 Å². The molecule has 0 saturated heterocycles. The summed E-state index contributed by atoms with van der Waals surface area (Å²) in [7, 11) is 2.90. The third-order valence-electron chi connectivity index (χ3n) is 4.58. The van der Waals surface area contributed by atoms with Gasteiger partial charge < -0.3 is 5.11 Å². The van der Waals surface area contributed by atoms with E-state index in [0.717, 1.165) is 35.6 Å². The lowest BCUT2D eigenvalue weighted by Gasteiger charge is -2.28. The molecule has 0 spiro atoms. The number of hydrogen-bond donors (Lipinski definition) is 1. The third kappa shape index (κ3) is 7.89. The number of aliphatic hydroxyl groups is 1. The second-order valence-corrected chi connectivity index (χ2v) is 8.63. The molecular formula is C20H31F2N2OPS. The fourth-order valence-corrected chi connectivity index (χ4v) is 4.23. The first-order valence-electron chi connectivity index (χ1n) is 9.04. The summed E-state index contributed by atoms with van der Waals surface area (Å²) in [6, 6.07) is 0. The fourth-order valence-electron chi connectivity index (χ4n) is 2.88. The molecule has 1 saturated carbocycles. The van der Waals surface area contributed by atoms with Crippen molar-refractivity contribution in [3.05, 3.63) is 48.1 Å². The summed E-state index contributed by atoms with van der Waals surface area (Å²) in [4.78, 5) is 0.823. The number of aliphatic hydroxyl groups excluding tert-OH is 1. The van der Waals surface area contributed by atoms with Gasteiger partial charge in [-0.1, -0.05) is 60.4 Å². The van der Waals surface area contributed by atoms with Gasteiger partial charge in [0.05, 0.1) is 11.8 Å². The van der Waals surface area contributed by atoms with Crippen LogP contribution in [0, 0.1) is 5.92 Å². The molecule has 3 nitrogen and oxygen atoms in total. The molecule has 2 unspecified atom stereocenters. The van der Waals surface area contributed by atoms with Gasteiger partial charge in [0.1, 0.15) is 5.70 Å². The molecule has 152 valence electrons. The van der Waals surface area contributed by atoms with E-state index in [1.807, 2.05) is 6.08 Å². The molecule has 1 N–H and O–H groups in total. The van der Waals surface area contributed by atoms with Gasteiger partial charge in [-0.15, -0.1) is 11.8 Å². The lowest BCUT2D eigenvalue weighted by atomic mass is 9.85. The predicted molar refractivity (Wildman–Crippen MR) is 117 cm³/mol. The van der Waals surface area contributed by atoms with Crippen molar-refractivity contribution in [2.75, 3.05) is 12.8 Å². The van der Waals surface area contributed by atoms with Crippen LogP contribution < -0.4 is 0 Å². The van der Waals surface area contributed by atoms with Gasteiger partial charge in [-0.25, -0.2) is 0 Å². The van der Waals surface area contributed by atoms with Gasteiger partial charge in [0.25, 0.3) is 5.66 Å². The lowest BCUT2D eigenvalue weighted by molar-refractivity contribution is 0.112. The highest BCUT2D eigenvalue weighted by Gasteiger charge is 2.29. The van der Waals surface area contributed by atoms with E-state index in [2.05, 4.69) is 24.8 Å². The molecule has 0 aromatic rings. The van der Waals surface area contributed by atoms with Crippen LogP contribution in [0.5, 0.6) is 0 Å². The maximum Gasteiger partial charge on any atom is 0.299 e. The Morgan fingerprint density at radius 3 is 2.44 bits per heavy atom. The summed E-state index contributed by atoms with van der Waals surface area (Å²) in [5, 5.41) is 16.1. The van der Waals surface area contributed by atoms with E-state index in [0.29, 0.717) is 17.0 Å². The summed E-state index contributed by atoms with van der Waals surface area (Å²) >= 11 is 1.44. The van der Waals surface area contributed by atoms with Crippen LogP contribution in [0.2, 0.25) is 0 Å². The van der Waals surface area contributed by atoms with Gasteiger partial charge in [0.2, 0.25) is 0 Å². The second kappa shape index (κ2) is 11.1. The maximum atomic E-state index is 13.4. The maximum absolute atomic E-state index is 13.4. The molecule has 0 aliphatic heterocycles. The summed E-state index contributed by atoms with van der Waals surface area (Å²) in [6.45, 7) is 12.8. The van der Waals surface area contributed by atoms with Crippen LogP contribution in [0.1, 0.15) is 39.0 Å². The normalized spacial score (nSPS) is 18.1. The van der Waals surface area contributed by atoms with Gasteiger partial charge >= 0.3 is 0 Å². The number of rotatable bonds is 10. The molecule has 1 aliphatic carbocycles. The van der Waals surface area contributed by atoms with E-state index in [9.17, 15) is 13.9 Å². The number of hydrazone groups is 1. The molecule has 1 aliphatic rings. The van der Waals surface area contributed by atoms with Crippen LogP contribution in [0.15, 0.2) is 53.2 Å². The fraction of sp³-hybridized carbons (Fsp3) is 0.550. The number of hydrogen-bond acceptors (Lipinski definition) is 4. The van der Waals surface area contributed by atoms with Gasteiger partial charge in [-0.2, -0.15) is 13.9 Å². The molecule has 0 aromatic heterocycles. The van der Waals surface area contributed by atoms with Gasteiger partial charge in [-0.05, 0) is 31.3 Å². The van der Waals surface area contributed by atoms with E-state index in [-0.39, 0.29) is 5.92 Å². The van der Waals surface area contributed by atoms with Crippen molar-refractivity contribution in [3.8, 4) is 0 Å². The minimum absolute atomic E-state index is 0.251. The minimum atomic E-state index is -3.13. The Bertz CT molecular complexity index is 608. The van der Waals surface area contributed by atoms with E-state index >= 15 is 0 Å². The topological polar surface area (TPSA) is 35.8 Å². The molecule has 1 rings (SSSR count). The van der Waals surface area contributed by atoms with Gasteiger partial charge in [0, 0.05) is 17.7 Å². The summed E-state index contributed by atoms with van der Waals surface area (Å²) in [6.07, 6.45) is 8.48. The molecular weight excluding hydrogens is 385 g/mol. The zero-order valence-electron chi connectivity index (χ0n) is 16.3. The molecule has 0 radical (unpaired) electrons. The molecule has 2 atom stereocenters. The van der Waals surface area contributed by atoms with Crippen molar-refractivity contribution in [1.29, 1.82) is 0 Å². The molecule has 27 heavy (non-hydrogen) atoms. The van der Waals surface area contributed by atoms with E-state index in [1.54, 1.807) is 13.0 Å². The smallest absolute Gasteiger partial charge is 0.299 e. The summed E-state index contributed by atoms with van der Waals surface area (Å²) in [5.74, 6) is 0.666. The van der Waals surface area contributed by atoms with Crippen LogP contribution >= 0.6 is 21.0 Å². The Labute approximate surface area is 168 Å². The molecule has 0 aromatic carbocycles. The van der Waals surface area contributed by atoms with Crippen LogP contribution in [0.4, 0.5) is 8.78 Å². The minimum Gasteiger partial charge on any atom is -0.388 e.